The van der Waals surface area contributed by atoms with Gasteiger partial charge in [-0.1, -0.05) is 11.6 Å². The van der Waals surface area contributed by atoms with Gasteiger partial charge in [0.1, 0.15) is 0 Å². The monoisotopic (exact) mass is 378 g/mol. The summed E-state index contributed by atoms with van der Waals surface area (Å²) >= 11 is 0. The van der Waals surface area contributed by atoms with Gasteiger partial charge in [-0.15, -0.1) is 5.10 Å². The summed E-state index contributed by atoms with van der Waals surface area (Å²) in [5, 5.41) is 12.9. The van der Waals surface area contributed by atoms with Gasteiger partial charge in [0.25, 0.3) is 0 Å². The number of rotatable bonds is 8. The van der Waals surface area contributed by atoms with Crippen LogP contribution in [0.15, 0.2) is 24.3 Å². The molecule has 2 heterocycles. The Morgan fingerprint density at radius 2 is 1.85 bits per heavy atom. The fraction of sp³-hybridized carbons (Fsp3) is 0.471. The van der Waals surface area contributed by atoms with Gasteiger partial charge in [-0.05, 0) is 56.3 Å². The maximum atomic E-state index is 13.4. The number of nitrogens with zero attached hydrogens (tertiary/aromatic N) is 4. The number of aromatic nitrogens is 4. The van der Waals surface area contributed by atoms with E-state index in [1.807, 2.05) is 38.1 Å². The molecule has 0 aliphatic carbocycles. The molecule has 3 aromatic rings. The first-order valence-corrected chi connectivity index (χ1v) is 10.3. The van der Waals surface area contributed by atoms with Gasteiger partial charge in [0.15, 0.2) is 11.5 Å². The molecule has 8 nitrogen and oxygen atoms in total. The van der Waals surface area contributed by atoms with E-state index in [1.165, 1.54) is 0 Å². The quantitative estimate of drug-likeness (QED) is 0.550. The SMILES string of the molecule is CCOC(c1cc2cc(C)ccc2n2nnnc12)P(=O)(OCC)OCC. The van der Waals surface area contributed by atoms with Gasteiger partial charge < -0.3 is 13.8 Å². The third-order valence-corrected chi connectivity index (χ3v) is 6.18. The van der Waals surface area contributed by atoms with Crippen molar-refractivity contribution >= 4 is 24.1 Å². The van der Waals surface area contributed by atoms with Gasteiger partial charge in [-0.3, -0.25) is 4.57 Å². The molecule has 9 heteroatoms. The Kier molecular flexibility index (Phi) is 5.67. The predicted octanol–water partition coefficient (Wildman–Crippen LogP) is 3.89. The molecule has 0 aliphatic heterocycles. The van der Waals surface area contributed by atoms with Crippen molar-refractivity contribution in [3.63, 3.8) is 0 Å². The van der Waals surface area contributed by atoms with Gasteiger partial charge in [-0.2, -0.15) is 4.52 Å². The van der Waals surface area contributed by atoms with E-state index < -0.39 is 13.4 Å². The van der Waals surface area contributed by atoms with E-state index in [9.17, 15) is 4.57 Å². The maximum Gasteiger partial charge on any atom is 0.363 e. The highest BCUT2D eigenvalue weighted by Gasteiger charge is 2.40. The average Bonchev–Trinajstić information content (AvgIpc) is 3.09. The Morgan fingerprint density at radius 1 is 1.12 bits per heavy atom. The van der Waals surface area contributed by atoms with Crippen LogP contribution in [0.2, 0.25) is 0 Å². The Balaban J connectivity index is 2.27. The van der Waals surface area contributed by atoms with Crippen LogP contribution in [-0.4, -0.2) is 39.9 Å². The summed E-state index contributed by atoms with van der Waals surface area (Å²) in [5.74, 6) is -0.911. The summed E-state index contributed by atoms with van der Waals surface area (Å²) in [7, 11) is -3.57. The van der Waals surface area contributed by atoms with Crippen LogP contribution in [0.4, 0.5) is 0 Å². The molecule has 3 rings (SSSR count). The summed E-state index contributed by atoms with van der Waals surface area (Å²) < 4.78 is 31.9. The third kappa shape index (κ3) is 3.38. The molecule has 0 aliphatic rings. The molecule has 0 fully saturated rings. The molecule has 0 N–H and O–H groups in total. The Hall–Kier alpha value is -1.86. The standard InChI is InChI=1S/C17H23N4O4P/c1-5-23-17(26(22,24-6-2)25-7-3)14-11-13-10-12(4)8-9-15(13)21-16(14)18-19-20-21/h8-11,17H,5-7H2,1-4H3. The molecular formula is C17H23N4O4P. The summed E-state index contributed by atoms with van der Waals surface area (Å²) in [6, 6.07) is 7.88. The summed E-state index contributed by atoms with van der Waals surface area (Å²) in [5.41, 5.74) is 3.01. The maximum absolute atomic E-state index is 13.4. The van der Waals surface area contributed by atoms with E-state index in [0.717, 1.165) is 16.5 Å². The highest BCUT2D eigenvalue weighted by atomic mass is 31.2. The van der Waals surface area contributed by atoms with Gasteiger partial charge in [-0.25, -0.2) is 0 Å². The average molecular weight is 378 g/mol. The van der Waals surface area contributed by atoms with Crippen LogP contribution in [0.1, 0.15) is 37.7 Å². The lowest BCUT2D eigenvalue weighted by Crippen LogP contribution is -2.12. The van der Waals surface area contributed by atoms with Crippen LogP contribution >= 0.6 is 7.60 Å². The fourth-order valence-electron chi connectivity index (χ4n) is 2.97. The van der Waals surface area contributed by atoms with Crippen molar-refractivity contribution in [2.75, 3.05) is 19.8 Å². The van der Waals surface area contributed by atoms with E-state index in [-0.39, 0.29) is 13.2 Å². The number of pyridine rings is 1. The number of aryl methyl sites for hydroxylation is 1. The summed E-state index contributed by atoms with van der Waals surface area (Å²) in [4.78, 5) is 0. The molecule has 1 aromatic carbocycles. The highest BCUT2D eigenvalue weighted by molar-refractivity contribution is 7.54. The van der Waals surface area contributed by atoms with Crippen LogP contribution in [0, 0.1) is 6.92 Å². The molecule has 2 aromatic heterocycles. The normalized spacial score (nSPS) is 13.5. The topological polar surface area (TPSA) is 87.8 Å². The first-order chi connectivity index (χ1) is 12.5. The minimum absolute atomic E-state index is 0.245. The largest absolute Gasteiger partial charge is 0.363 e. The number of hydrogen-bond donors (Lipinski definition) is 0. The zero-order valence-corrected chi connectivity index (χ0v) is 16.3. The van der Waals surface area contributed by atoms with Crippen LogP contribution in [0.25, 0.3) is 16.6 Å². The summed E-state index contributed by atoms with van der Waals surface area (Å²) in [6.45, 7) is 8.21. The number of fused-ring (bicyclic) bond motifs is 3. The fourth-order valence-corrected chi connectivity index (χ4v) is 4.89. The van der Waals surface area contributed by atoms with Gasteiger partial charge >= 0.3 is 7.60 Å². The predicted molar refractivity (Wildman–Crippen MR) is 98.3 cm³/mol. The van der Waals surface area contributed by atoms with Crippen molar-refractivity contribution in [1.82, 2.24) is 20.0 Å². The van der Waals surface area contributed by atoms with Crippen molar-refractivity contribution < 1.29 is 18.3 Å². The van der Waals surface area contributed by atoms with Crippen molar-refractivity contribution in [2.45, 2.75) is 33.5 Å². The zero-order valence-electron chi connectivity index (χ0n) is 15.4. The summed E-state index contributed by atoms with van der Waals surface area (Å²) in [6.07, 6.45) is 0. The molecule has 0 amide bonds. The van der Waals surface area contributed by atoms with Crippen molar-refractivity contribution in [1.29, 1.82) is 0 Å². The highest BCUT2D eigenvalue weighted by Crippen LogP contribution is 2.62. The van der Waals surface area contributed by atoms with Crippen LogP contribution in [-0.2, 0) is 18.3 Å². The number of tetrazole rings is 1. The van der Waals surface area contributed by atoms with E-state index in [4.69, 9.17) is 13.8 Å². The second-order valence-corrected chi connectivity index (χ2v) is 7.82. The Morgan fingerprint density at radius 3 is 2.50 bits per heavy atom. The molecule has 0 radical (unpaired) electrons. The molecular weight excluding hydrogens is 355 g/mol. The van der Waals surface area contributed by atoms with E-state index in [2.05, 4.69) is 15.5 Å². The molecule has 1 unspecified atom stereocenters. The molecule has 0 saturated heterocycles. The molecule has 26 heavy (non-hydrogen) atoms. The lowest BCUT2D eigenvalue weighted by atomic mass is 10.1. The van der Waals surface area contributed by atoms with Crippen molar-refractivity contribution in [3.05, 3.63) is 35.4 Å². The Labute approximate surface area is 152 Å². The van der Waals surface area contributed by atoms with Gasteiger partial charge in [0.2, 0.25) is 0 Å². The van der Waals surface area contributed by atoms with Crippen LogP contribution in [0.3, 0.4) is 0 Å². The zero-order chi connectivity index (χ0) is 18.7. The molecule has 1 atom stereocenters. The molecule has 0 bridgehead atoms. The van der Waals surface area contributed by atoms with Gasteiger partial charge in [0.05, 0.1) is 18.7 Å². The van der Waals surface area contributed by atoms with Crippen molar-refractivity contribution in [2.24, 2.45) is 0 Å². The van der Waals surface area contributed by atoms with E-state index >= 15 is 0 Å². The van der Waals surface area contributed by atoms with E-state index in [1.54, 1.807) is 18.4 Å². The van der Waals surface area contributed by atoms with E-state index in [0.29, 0.717) is 17.8 Å². The van der Waals surface area contributed by atoms with Gasteiger partial charge in [0, 0.05) is 17.6 Å². The first kappa shape index (κ1) is 18.9. The molecule has 140 valence electrons. The molecule has 0 saturated carbocycles. The second kappa shape index (κ2) is 7.80. The number of benzene rings is 1. The smallest absolute Gasteiger partial charge is 0.361 e. The second-order valence-electron chi connectivity index (χ2n) is 5.76. The first-order valence-electron chi connectivity index (χ1n) is 8.65. The lowest BCUT2D eigenvalue weighted by molar-refractivity contribution is 0.0788. The van der Waals surface area contributed by atoms with Crippen LogP contribution < -0.4 is 0 Å². The third-order valence-electron chi connectivity index (χ3n) is 3.95. The minimum Gasteiger partial charge on any atom is -0.361 e. The molecule has 0 spiro atoms. The van der Waals surface area contributed by atoms with Crippen molar-refractivity contribution in [3.8, 4) is 0 Å². The lowest BCUT2D eigenvalue weighted by Gasteiger charge is -2.26. The van der Waals surface area contributed by atoms with Crippen LogP contribution in [0.5, 0.6) is 0 Å². The minimum atomic E-state index is -3.57. The number of hydrogen-bond acceptors (Lipinski definition) is 7. The number of ether oxygens (including phenoxy) is 1. The Bertz CT molecular complexity index is 948.